The number of phenols is 1. The number of para-hydroxylation sites is 1. The van der Waals surface area contributed by atoms with Crippen LogP contribution in [-0.2, 0) is 27.4 Å². The van der Waals surface area contributed by atoms with Crippen LogP contribution in [0.4, 0.5) is 10.7 Å². The summed E-state index contributed by atoms with van der Waals surface area (Å²) in [6, 6.07) is 15.6. The Balaban J connectivity index is 0.685. The summed E-state index contributed by atoms with van der Waals surface area (Å²) in [5, 5.41) is 25.2. The second-order valence-corrected chi connectivity index (χ2v) is 22.3. The maximum absolute atomic E-state index is 14.8. The number of hydrogen-bond donors (Lipinski definition) is 3. The fourth-order valence-electron chi connectivity index (χ4n) is 12.6. The van der Waals surface area contributed by atoms with Crippen molar-refractivity contribution in [3.8, 4) is 29.4 Å². The van der Waals surface area contributed by atoms with Crippen LogP contribution in [0.5, 0.6) is 5.75 Å². The number of amides is 4. The number of nitrogens with one attached hydrogen (secondary N) is 2. The number of benzene rings is 2. The van der Waals surface area contributed by atoms with E-state index in [0.29, 0.717) is 62.4 Å². The average molecular weight is 975 g/mol. The number of rotatable bonds is 7. The third-order valence-electron chi connectivity index (χ3n) is 16.5. The highest BCUT2D eigenvalue weighted by Crippen LogP contribution is 2.52. The lowest BCUT2D eigenvalue weighted by Crippen LogP contribution is -2.71. The highest BCUT2D eigenvalue weighted by Gasteiger charge is 2.57. The van der Waals surface area contributed by atoms with Crippen molar-refractivity contribution in [1.82, 2.24) is 55.1 Å². The quantitative estimate of drug-likeness (QED) is 0.166. The van der Waals surface area contributed by atoms with Gasteiger partial charge in [-0.3, -0.25) is 14.4 Å². The molecule has 11 rings (SSSR count). The molecule has 0 unspecified atom stereocenters. The Kier molecular flexibility index (Phi) is 12.4. The first-order valence-electron chi connectivity index (χ1n) is 25.7. The monoisotopic (exact) mass is 975 g/mol. The SMILES string of the molecule is C#Cc1ccc(CNC(=O)[C@@H]2C[C@@H]3CN2C(=O)[C@H](C(C)(C)C)N(C(=O)N2CC4(CC(N5CCC(c6cnc(N7CCc8[nH]c9nnc(-c%10ccccc%10O)cc9c8[C@H]7C)nc6)CC5)C4)C2)CCN(C)O3)cc1. The Morgan fingerprint density at radius 3 is 2.42 bits per heavy atom. The number of piperidine rings is 1. The molecule has 8 heterocycles. The number of aromatic hydroxyl groups is 1. The van der Waals surface area contributed by atoms with Gasteiger partial charge in [0.2, 0.25) is 17.8 Å². The third kappa shape index (κ3) is 8.91. The van der Waals surface area contributed by atoms with Gasteiger partial charge in [-0.1, -0.05) is 51.0 Å². The van der Waals surface area contributed by atoms with Gasteiger partial charge >= 0.3 is 6.03 Å². The zero-order chi connectivity index (χ0) is 50.1. The number of carbonyl (C=O) groups excluding carboxylic acids is 3. The normalized spacial score (nSPS) is 24.2. The first kappa shape index (κ1) is 47.7. The highest BCUT2D eigenvalue weighted by molar-refractivity contribution is 5.93. The molecule has 72 heavy (non-hydrogen) atoms. The molecule has 2 bridgehead atoms. The molecule has 3 aromatic heterocycles. The molecule has 0 radical (unpaired) electrons. The molecule has 1 spiro atoms. The number of carbonyl (C=O) groups is 3. The summed E-state index contributed by atoms with van der Waals surface area (Å²) in [6.07, 6.45) is 14.6. The molecule has 1 aliphatic carbocycles. The van der Waals surface area contributed by atoms with Crippen LogP contribution in [0, 0.1) is 23.2 Å². The summed E-state index contributed by atoms with van der Waals surface area (Å²) in [5.74, 6) is 3.45. The predicted molar refractivity (Wildman–Crippen MR) is 272 cm³/mol. The van der Waals surface area contributed by atoms with E-state index in [2.05, 4.69) is 43.1 Å². The van der Waals surface area contributed by atoms with E-state index in [9.17, 15) is 19.5 Å². The van der Waals surface area contributed by atoms with Gasteiger partial charge in [0.1, 0.15) is 17.8 Å². The zero-order valence-electron chi connectivity index (χ0n) is 42.1. The average Bonchev–Trinajstić information content (AvgIpc) is 3.95. The van der Waals surface area contributed by atoms with Gasteiger partial charge in [-0.25, -0.2) is 14.8 Å². The fraction of sp³-hybridized carbons (Fsp3) is 0.509. The van der Waals surface area contributed by atoms with Gasteiger partial charge in [0.15, 0.2) is 5.65 Å². The number of nitrogens with zero attached hydrogens (tertiary/aromatic N) is 10. The van der Waals surface area contributed by atoms with Crippen molar-refractivity contribution >= 4 is 34.8 Å². The van der Waals surface area contributed by atoms with Crippen LogP contribution in [0.2, 0.25) is 0 Å². The summed E-state index contributed by atoms with van der Waals surface area (Å²) in [4.78, 5) is 73.2. The highest BCUT2D eigenvalue weighted by atomic mass is 16.7. The molecule has 6 aliphatic rings. The summed E-state index contributed by atoms with van der Waals surface area (Å²) >= 11 is 0. The number of aromatic nitrogens is 5. The largest absolute Gasteiger partial charge is 0.507 e. The number of likely N-dealkylation sites (N-methyl/N-ethyl adjacent to an activating group) is 1. The maximum Gasteiger partial charge on any atom is 0.320 e. The van der Waals surface area contributed by atoms with E-state index in [1.807, 2.05) is 87.6 Å². The van der Waals surface area contributed by atoms with Gasteiger partial charge in [-0.05, 0) is 98.5 Å². The van der Waals surface area contributed by atoms with Crippen molar-refractivity contribution < 1.29 is 24.3 Å². The van der Waals surface area contributed by atoms with Crippen LogP contribution in [0.25, 0.3) is 22.3 Å². The smallest absolute Gasteiger partial charge is 0.320 e. The molecule has 17 nitrogen and oxygen atoms in total. The van der Waals surface area contributed by atoms with Crippen molar-refractivity contribution in [2.75, 3.05) is 64.3 Å². The van der Waals surface area contributed by atoms with Crippen LogP contribution in [0.15, 0.2) is 67.0 Å². The Hall–Kier alpha value is -6.61. The van der Waals surface area contributed by atoms with Gasteiger partial charge in [0, 0.05) is 117 Å². The second-order valence-electron chi connectivity index (χ2n) is 22.3. The lowest BCUT2D eigenvalue weighted by molar-refractivity contribution is -0.184. The molecule has 5 aliphatic heterocycles. The Morgan fingerprint density at radius 1 is 0.972 bits per heavy atom. The van der Waals surface area contributed by atoms with E-state index in [1.165, 1.54) is 5.56 Å². The molecule has 4 atom stereocenters. The number of hydroxylamine groups is 2. The Labute approximate surface area is 421 Å². The maximum atomic E-state index is 14.8. The molecule has 5 aromatic rings. The second kappa shape index (κ2) is 18.8. The summed E-state index contributed by atoms with van der Waals surface area (Å²) in [6.45, 7) is 13.7. The molecule has 4 saturated heterocycles. The Bertz CT molecular complexity index is 2890. The number of aromatic amines is 1. The molecule has 2 aromatic carbocycles. The first-order valence-corrected chi connectivity index (χ1v) is 25.7. The number of anilines is 1. The summed E-state index contributed by atoms with van der Waals surface area (Å²) < 4.78 is 0. The van der Waals surface area contributed by atoms with Crippen molar-refractivity contribution in [1.29, 1.82) is 0 Å². The van der Waals surface area contributed by atoms with Gasteiger partial charge in [-0.15, -0.1) is 16.6 Å². The van der Waals surface area contributed by atoms with Crippen molar-refractivity contribution in [2.45, 2.75) is 109 Å². The first-order chi connectivity index (χ1) is 34.6. The Morgan fingerprint density at radius 2 is 1.71 bits per heavy atom. The van der Waals surface area contributed by atoms with Crippen molar-refractivity contribution in [2.24, 2.45) is 10.8 Å². The van der Waals surface area contributed by atoms with Crippen molar-refractivity contribution in [3.63, 3.8) is 0 Å². The molecule has 376 valence electrons. The van der Waals surface area contributed by atoms with E-state index in [0.717, 1.165) is 91.1 Å². The van der Waals surface area contributed by atoms with Gasteiger partial charge < -0.3 is 39.9 Å². The minimum atomic E-state index is -0.764. The van der Waals surface area contributed by atoms with Crippen LogP contribution < -0.4 is 10.2 Å². The number of hydrogen-bond acceptors (Lipinski definition) is 12. The third-order valence-corrected chi connectivity index (χ3v) is 16.5. The van der Waals surface area contributed by atoms with Gasteiger partial charge in [0.25, 0.3) is 0 Å². The number of likely N-dealkylation sites (tertiary alicyclic amines) is 2. The number of urea groups is 1. The summed E-state index contributed by atoms with van der Waals surface area (Å²) in [5.41, 5.74) is 6.70. The zero-order valence-corrected chi connectivity index (χ0v) is 42.1. The standard InChI is InChI=1S/C55H66N12O5/c1-7-35-12-14-36(15-13-35)28-56-50(69)45-24-40-31-67(45)51(70)48(54(3,4)5)66(23-22-62(6)72-40)53(71)64-32-55(33-64)26-39(27-55)63-19-16-37(17-20-63)38-29-57-52(58-30-38)65-21-18-43-47(34(65)2)42-25-44(60-61-49(42)59-43)41-10-8-9-11-46(41)68/h1,8-15,25,29-30,34,37,39-40,45,48,68H,16-24,26-28,31-33H2,2-6H3,(H,56,69)(H,59,61)/t34-,40-,45+,48-/m1/s1. The van der Waals surface area contributed by atoms with E-state index >= 15 is 0 Å². The van der Waals surface area contributed by atoms with Crippen LogP contribution in [0.1, 0.15) is 99.7 Å². The van der Waals surface area contributed by atoms with Gasteiger partial charge in [-0.2, -0.15) is 5.06 Å². The number of H-pyrrole nitrogens is 1. The van der Waals surface area contributed by atoms with E-state index in [1.54, 1.807) is 27.0 Å². The molecule has 3 N–H and O–H groups in total. The molecule has 17 heteroatoms. The number of fused-ring (bicyclic) bond motifs is 5. The predicted octanol–water partition coefficient (Wildman–Crippen LogP) is 5.87. The number of phenolic OH excluding ortho intramolecular Hbond substituents is 1. The number of terminal acetylenes is 1. The minimum absolute atomic E-state index is 0.0123. The van der Waals surface area contributed by atoms with Crippen molar-refractivity contribution in [3.05, 3.63) is 94.9 Å². The summed E-state index contributed by atoms with van der Waals surface area (Å²) in [7, 11) is 1.86. The lowest BCUT2D eigenvalue weighted by atomic mass is 9.60. The van der Waals surface area contributed by atoms with Crippen LogP contribution >= 0.6 is 0 Å². The minimum Gasteiger partial charge on any atom is -0.507 e. The molecule has 5 fully saturated rings. The fourth-order valence-corrected chi connectivity index (χ4v) is 12.6. The molecule has 1 saturated carbocycles. The molecule has 4 amide bonds. The van der Waals surface area contributed by atoms with Gasteiger partial charge in [0.05, 0.1) is 17.8 Å². The van der Waals surface area contributed by atoms with E-state index in [4.69, 9.17) is 21.2 Å². The van der Waals surface area contributed by atoms with Crippen LogP contribution in [-0.4, -0.2) is 156 Å². The van der Waals surface area contributed by atoms with E-state index < -0.39 is 17.5 Å². The lowest BCUT2D eigenvalue weighted by Gasteiger charge is -2.62. The van der Waals surface area contributed by atoms with E-state index in [-0.39, 0.29) is 47.7 Å². The van der Waals surface area contributed by atoms with Crippen LogP contribution in [0.3, 0.4) is 0 Å². The molecular formula is C55H66N12O5. The topological polar surface area (TPSA) is 179 Å². The molecular weight excluding hydrogens is 909 g/mol.